The van der Waals surface area contributed by atoms with Crippen molar-refractivity contribution in [3.05, 3.63) is 41.5 Å². The molecule has 0 atom stereocenters. The molecule has 1 heterocycles. The van der Waals surface area contributed by atoms with Gasteiger partial charge >= 0.3 is 5.97 Å². The van der Waals surface area contributed by atoms with Gasteiger partial charge in [-0.1, -0.05) is 0 Å². The van der Waals surface area contributed by atoms with Gasteiger partial charge in [-0.3, -0.25) is 9.89 Å². The Labute approximate surface area is 115 Å². The molecule has 1 aromatic heterocycles. The molecular weight excluding hydrogens is 260 g/mol. The quantitative estimate of drug-likeness (QED) is 0.824. The molecule has 0 unspecified atom stereocenters. The lowest BCUT2D eigenvalue weighted by Gasteiger charge is -2.04. The minimum absolute atomic E-state index is 0.0666. The molecule has 2 N–H and O–H groups in total. The van der Waals surface area contributed by atoms with E-state index in [0.717, 1.165) is 0 Å². The first kappa shape index (κ1) is 13.7. The molecule has 0 spiro atoms. The van der Waals surface area contributed by atoms with Crippen LogP contribution >= 0.6 is 0 Å². The predicted octanol–water partition coefficient (Wildman–Crippen LogP) is 1.54. The van der Waals surface area contributed by atoms with Gasteiger partial charge in [-0.2, -0.15) is 0 Å². The number of carbonyl (C=O) groups is 2. The summed E-state index contributed by atoms with van der Waals surface area (Å²) >= 11 is 0. The van der Waals surface area contributed by atoms with E-state index in [1.54, 1.807) is 38.1 Å². The Bertz CT molecular complexity index is 619. The minimum Gasteiger partial charge on any atom is -0.462 e. The number of ether oxygens (including phenoxy) is 1. The van der Waals surface area contributed by atoms with E-state index < -0.39 is 11.9 Å². The van der Waals surface area contributed by atoms with Gasteiger partial charge in [-0.05, 0) is 38.1 Å². The molecule has 2 rings (SSSR count). The van der Waals surface area contributed by atoms with Crippen LogP contribution in [0.25, 0.3) is 0 Å². The summed E-state index contributed by atoms with van der Waals surface area (Å²) in [5.41, 5.74) is 0.976. The van der Waals surface area contributed by atoms with E-state index in [4.69, 9.17) is 4.74 Å². The highest BCUT2D eigenvalue weighted by atomic mass is 16.5. The van der Waals surface area contributed by atoms with Crippen LogP contribution in [0.2, 0.25) is 0 Å². The van der Waals surface area contributed by atoms with Gasteiger partial charge in [0.2, 0.25) is 5.82 Å². The standard InChI is InChI=1S/C13H14N4O3/c1-3-20-13(19)9-4-6-10(7-5-9)15-12(18)11-14-8(2)16-17-11/h4-7H,3H2,1-2H3,(H,15,18)(H,14,16,17). The van der Waals surface area contributed by atoms with Gasteiger partial charge < -0.3 is 10.1 Å². The first-order valence-corrected chi connectivity index (χ1v) is 6.07. The molecule has 7 heteroatoms. The maximum atomic E-state index is 11.8. The zero-order valence-corrected chi connectivity index (χ0v) is 11.1. The molecule has 1 amide bonds. The summed E-state index contributed by atoms with van der Waals surface area (Å²) in [6, 6.07) is 6.39. The number of carbonyl (C=O) groups excluding carboxylic acids is 2. The molecule has 0 bridgehead atoms. The summed E-state index contributed by atoms with van der Waals surface area (Å²) in [6.45, 7) is 3.77. The van der Waals surface area contributed by atoms with Gasteiger partial charge in [0, 0.05) is 5.69 Å². The smallest absolute Gasteiger partial charge is 0.338 e. The van der Waals surface area contributed by atoms with Gasteiger partial charge in [-0.25, -0.2) is 9.78 Å². The third kappa shape index (κ3) is 3.19. The Balaban J connectivity index is 2.04. The number of esters is 1. The minimum atomic E-state index is -0.418. The molecular formula is C13H14N4O3. The summed E-state index contributed by atoms with van der Waals surface area (Å²) in [4.78, 5) is 27.2. The van der Waals surface area contributed by atoms with E-state index >= 15 is 0 Å². The molecule has 104 valence electrons. The topological polar surface area (TPSA) is 97.0 Å². The third-order valence-corrected chi connectivity index (χ3v) is 2.45. The molecule has 0 fully saturated rings. The van der Waals surface area contributed by atoms with E-state index in [1.165, 1.54) is 0 Å². The first-order valence-electron chi connectivity index (χ1n) is 6.07. The van der Waals surface area contributed by atoms with Crippen LogP contribution in [-0.4, -0.2) is 33.7 Å². The molecule has 1 aromatic carbocycles. The van der Waals surface area contributed by atoms with E-state index in [9.17, 15) is 9.59 Å². The fourth-order valence-electron chi connectivity index (χ4n) is 1.54. The lowest BCUT2D eigenvalue weighted by Crippen LogP contribution is -2.14. The molecule has 0 radical (unpaired) electrons. The van der Waals surface area contributed by atoms with Crippen LogP contribution in [0.5, 0.6) is 0 Å². The molecule has 7 nitrogen and oxygen atoms in total. The average Bonchev–Trinajstić information content (AvgIpc) is 2.86. The van der Waals surface area contributed by atoms with Gasteiger partial charge in [0.15, 0.2) is 0 Å². The van der Waals surface area contributed by atoms with Crippen molar-refractivity contribution in [1.29, 1.82) is 0 Å². The summed E-state index contributed by atoms with van der Waals surface area (Å²) in [5, 5.41) is 8.98. The SMILES string of the molecule is CCOC(=O)c1ccc(NC(=O)c2n[nH]c(C)n2)cc1. The summed E-state index contributed by atoms with van der Waals surface area (Å²) in [7, 11) is 0. The number of nitrogens with zero attached hydrogens (tertiary/aromatic N) is 2. The van der Waals surface area contributed by atoms with Crippen LogP contribution in [0.15, 0.2) is 24.3 Å². The van der Waals surface area contributed by atoms with Crippen LogP contribution in [0.4, 0.5) is 5.69 Å². The van der Waals surface area contributed by atoms with Gasteiger partial charge in [0.25, 0.3) is 5.91 Å². The maximum absolute atomic E-state index is 11.8. The lowest BCUT2D eigenvalue weighted by atomic mass is 10.2. The molecule has 20 heavy (non-hydrogen) atoms. The number of rotatable bonds is 4. The van der Waals surface area contributed by atoms with Crippen molar-refractivity contribution >= 4 is 17.6 Å². The number of hydrogen-bond donors (Lipinski definition) is 2. The Morgan fingerprint density at radius 1 is 1.30 bits per heavy atom. The number of aromatic amines is 1. The largest absolute Gasteiger partial charge is 0.462 e. The molecule has 2 aromatic rings. The van der Waals surface area contributed by atoms with Crippen LogP contribution < -0.4 is 5.32 Å². The Hall–Kier alpha value is -2.70. The summed E-state index contributed by atoms with van der Waals surface area (Å²) in [6.07, 6.45) is 0. The van der Waals surface area contributed by atoms with E-state index in [-0.39, 0.29) is 5.82 Å². The van der Waals surface area contributed by atoms with Gasteiger partial charge in [0.1, 0.15) is 5.82 Å². The van der Waals surface area contributed by atoms with Crippen molar-refractivity contribution in [2.75, 3.05) is 11.9 Å². The van der Waals surface area contributed by atoms with Crippen molar-refractivity contribution < 1.29 is 14.3 Å². The fourth-order valence-corrected chi connectivity index (χ4v) is 1.54. The molecule has 0 aliphatic carbocycles. The van der Waals surface area contributed by atoms with Crippen LogP contribution in [0.3, 0.4) is 0 Å². The molecule has 0 aliphatic heterocycles. The monoisotopic (exact) mass is 274 g/mol. The molecule has 0 saturated carbocycles. The second-order valence-electron chi connectivity index (χ2n) is 4.00. The Morgan fingerprint density at radius 2 is 2.00 bits per heavy atom. The van der Waals surface area contributed by atoms with Crippen molar-refractivity contribution in [2.24, 2.45) is 0 Å². The molecule has 0 saturated heterocycles. The van der Waals surface area contributed by atoms with Crippen molar-refractivity contribution in [2.45, 2.75) is 13.8 Å². The average molecular weight is 274 g/mol. The second-order valence-corrected chi connectivity index (χ2v) is 4.00. The highest BCUT2D eigenvalue weighted by molar-refractivity contribution is 6.01. The number of H-pyrrole nitrogens is 1. The lowest BCUT2D eigenvalue weighted by molar-refractivity contribution is 0.0526. The first-order chi connectivity index (χ1) is 9.60. The van der Waals surface area contributed by atoms with Crippen molar-refractivity contribution in [3.8, 4) is 0 Å². The van der Waals surface area contributed by atoms with Crippen LogP contribution in [0.1, 0.15) is 33.7 Å². The van der Waals surface area contributed by atoms with E-state index in [1.807, 2.05) is 0 Å². The van der Waals surface area contributed by atoms with Gasteiger partial charge in [-0.15, -0.1) is 5.10 Å². The number of nitrogens with one attached hydrogen (secondary N) is 2. The van der Waals surface area contributed by atoms with Crippen molar-refractivity contribution in [3.63, 3.8) is 0 Å². The second kappa shape index (κ2) is 5.96. The van der Waals surface area contributed by atoms with Gasteiger partial charge in [0.05, 0.1) is 12.2 Å². The summed E-state index contributed by atoms with van der Waals surface area (Å²) < 4.78 is 4.87. The van der Waals surface area contributed by atoms with E-state index in [0.29, 0.717) is 23.7 Å². The Kier molecular flexibility index (Phi) is 4.09. The van der Waals surface area contributed by atoms with Crippen LogP contribution in [0, 0.1) is 6.92 Å². The number of hydrogen-bond acceptors (Lipinski definition) is 5. The number of aromatic nitrogens is 3. The molecule has 0 aliphatic rings. The predicted molar refractivity (Wildman–Crippen MR) is 71.5 cm³/mol. The fraction of sp³-hybridized carbons (Fsp3) is 0.231. The van der Waals surface area contributed by atoms with Crippen LogP contribution in [-0.2, 0) is 4.74 Å². The zero-order valence-electron chi connectivity index (χ0n) is 11.1. The van der Waals surface area contributed by atoms with Crippen molar-refractivity contribution in [1.82, 2.24) is 15.2 Å². The highest BCUT2D eigenvalue weighted by Gasteiger charge is 2.12. The maximum Gasteiger partial charge on any atom is 0.338 e. The number of aryl methyl sites for hydroxylation is 1. The number of amides is 1. The number of anilines is 1. The zero-order chi connectivity index (χ0) is 14.5. The van der Waals surface area contributed by atoms with E-state index in [2.05, 4.69) is 20.5 Å². The Morgan fingerprint density at radius 3 is 2.55 bits per heavy atom. The third-order valence-electron chi connectivity index (χ3n) is 2.45. The highest BCUT2D eigenvalue weighted by Crippen LogP contribution is 2.11. The number of benzene rings is 1. The summed E-state index contributed by atoms with van der Waals surface area (Å²) in [5.74, 6) is -0.182. The normalized spacial score (nSPS) is 10.1.